The minimum Gasteiger partial charge on any atom is -0.487 e. The maximum Gasteiger partial charge on any atom is 0.271 e. The second-order valence-corrected chi connectivity index (χ2v) is 9.00. The summed E-state index contributed by atoms with van der Waals surface area (Å²) in [5.41, 5.74) is 4.63. The highest BCUT2D eigenvalue weighted by atomic mass is 79.9. The van der Waals surface area contributed by atoms with Crippen LogP contribution in [0.3, 0.4) is 0 Å². The number of hydrazone groups is 1. The van der Waals surface area contributed by atoms with E-state index in [-0.39, 0.29) is 18.2 Å². The Morgan fingerprint density at radius 2 is 1.65 bits per heavy atom. The van der Waals surface area contributed by atoms with E-state index in [4.69, 9.17) is 4.74 Å². The first kappa shape index (κ1) is 23.6. The molecular weight excluding hydrogens is 566 g/mol. The lowest BCUT2D eigenvalue weighted by molar-refractivity contribution is -0.384. The fourth-order valence-corrected chi connectivity index (χ4v) is 4.67. The van der Waals surface area contributed by atoms with Crippen LogP contribution in [0.25, 0.3) is 10.8 Å². The fourth-order valence-electron chi connectivity index (χ4n) is 3.22. The second kappa shape index (κ2) is 10.6. The van der Waals surface area contributed by atoms with Gasteiger partial charge in [-0.2, -0.15) is 5.10 Å². The molecule has 1 amide bonds. The molecular formula is C25H17Br2N3O4. The Morgan fingerprint density at radius 1 is 0.971 bits per heavy atom. The van der Waals surface area contributed by atoms with E-state index < -0.39 is 4.92 Å². The highest BCUT2D eigenvalue weighted by Gasteiger charge is 2.11. The van der Waals surface area contributed by atoms with E-state index in [1.807, 2.05) is 48.5 Å². The molecule has 0 atom stereocenters. The number of nitro groups is 1. The van der Waals surface area contributed by atoms with Gasteiger partial charge in [0, 0.05) is 17.7 Å². The number of non-ortho nitro benzene ring substituents is 1. The molecule has 4 rings (SSSR count). The number of nitrogens with one attached hydrogen (secondary N) is 1. The van der Waals surface area contributed by atoms with Crippen molar-refractivity contribution in [2.75, 3.05) is 0 Å². The number of halogens is 2. The molecule has 4 aromatic carbocycles. The summed E-state index contributed by atoms with van der Waals surface area (Å²) in [6, 6.07) is 23.1. The van der Waals surface area contributed by atoms with Crippen LogP contribution in [0.15, 0.2) is 92.9 Å². The number of fused-ring (bicyclic) bond motifs is 1. The summed E-state index contributed by atoms with van der Waals surface area (Å²) in [5, 5.41) is 16.9. The minimum absolute atomic E-state index is 0.0301. The maximum absolute atomic E-state index is 12.4. The van der Waals surface area contributed by atoms with E-state index in [9.17, 15) is 14.9 Å². The Hall–Kier alpha value is -3.56. The van der Waals surface area contributed by atoms with Crippen molar-refractivity contribution in [2.24, 2.45) is 5.10 Å². The second-order valence-electron chi connectivity index (χ2n) is 7.29. The molecule has 0 fully saturated rings. The summed E-state index contributed by atoms with van der Waals surface area (Å²) in [4.78, 5) is 22.8. The number of rotatable bonds is 7. The highest BCUT2D eigenvalue weighted by molar-refractivity contribution is 9.11. The van der Waals surface area contributed by atoms with Gasteiger partial charge in [-0.1, -0.05) is 30.3 Å². The molecule has 0 unspecified atom stereocenters. The molecule has 7 nitrogen and oxygen atoms in total. The Labute approximate surface area is 211 Å². The minimum atomic E-state index is -0.442. The number of nitrogens with zero attached hydrogens (tertiary/aromatic N) is 2. The molecule has 0 saturated heterocycles. The Bertz CT molecular complexity index is 1380. The van der Waals surface area contributed by atoms with Gasteiger partial charge in [0.25, 0.3) is 11.6 Å². The number of hydrogen-bond acceptors (Lipinski definition) is 5. The molecule has 4 aromatic rings. The maximum atomic E-state index is 12.4. The van der Waals surface area contributed by atoms with E-state index in [1.165, 1.54) is 18.3 Å². The number of ether oxygens (including phenoxy) is 1. The average Bonchev–Trinajstić information content (AvgIpc) is 2.83. The Morgan fingerprint density at radius 3 is 2.32 bits per heavy atom. The van der Waals surface area contributed by atoms with Crippen molar-refractivity contribution in [3.8, 4) is 5.75 Å². The molecule has 170 valence electrons. The van der Waals surface area contributed by atoms with Gasteiger partial charge in [0.05, 0.1) is 20.1 Å². The zero-order chi connectivity index (χ0) is 24.1. The van der Waals surface area contributed by atoms with Crippen LogP contribution in [-0.4, -0.2) is 17.0 Å². The van der Waals surface area contributed by atoms with E-state index in [1.54, 1.807) is 18.2 Å². The summed E-state index contributed by atoms with van der Waals surface area (Å²) in [6.07, 6.45) is 1.54. The van der Waals surface area contributed by atoms with Gasteiger partial charge in [-0.05, 0) is 90.2 Å². The molecule has 0 aliphatic rings. The van der Waals surface area contributed by atoms with Crippen LogP contribution in [-0.2, 0) is 6.61 Å². The number of nitro benzene ring substituents is 1. The molecule has 0 aliphatic carbocycles. The van der Waals surface area contributed by atoms with Crippen molar-refractivity contribution in [3.05, 3.63) is 115 Å². The largest absolute Gasteiger partial charge is 0.487 e. The molecule has 0 aromatic heterocycles. The van der Waals surface area contributed by atoms with Crippen molar-refractivity contribution in [3.63, 3.8) is 0 Å². The van der Waals surface area contributed by atoms with Gasteiger partial charge in [-0.15, -0.1) is 0 Å². The third kappa shape index (κ3) is 5.67. The van der Waals surface area contributed by atoms with Gasteiger partial charge in [0.1, 0.15) is 12.4 Å². The third-order valence-electron chi connectivity index (χ3n) is 4.94. The van der Waals surface area contributed by atoms with Gasteiger partial charge >= 0.3 is 0 Å². The van der Waals surface area contributed by atoms with Crippen LogP contribution in [0.2, 0.25) is 0 Å². The van der Waals surface area contributed by atoms with Gasteiger partial charge < -0.3 is 4.74 Å². The number of hydrogen-bond donors (Lipinski definition) is 1. The van der Waals surface area contributed by atoms with Crippen molar-refractivity contribution >= 4 is 60.4 Å². The van der Waals surface area contributed by atoms with Crippen molar-refractivity contribution in [2.45, 2.75) is 6.61 Å². The molecule has 1 N–H and O–H groups in total. The first-order valence-corrected chi connectivity index (χ1v) is 11.7. The first-order valence-electron chi connectivity index (χ1n) is 10.1. The summed E-state index contributed by atoms with van der Waals surface area (Å²) in [5.74, 6) is 0.277. The number of carbonyl (C=O) groups excluding carboxylic acids is 1. The van der Waals surface area contributed by atoms with E-state index in [0.29, 0.717) is 20.3 Å². The normalized spacial score (nSPS) is 11.0. The number of benzene rings is 4. The predicted molar refractivity (Wildman–Crippen MR) is 138 cm³/mol. The van der Waals surface area contributed by atoms with Crippen molar-refractivity contribution < 1.29 is 14.5 Å². The first-order chi connectivity index (χ1) is 16.4. The molecule has 34 heavy (non-hydrogen) atoms. The van der Waals surface area contributed by atoms with Crippen LogP contribution in [0, 0.1) is 10.1 Å². The lowest BCUT2D eigenvalue weighted by atomic mass is 10.1. The van der Waals surface area contributed by atoms with E-state index in [2.05, 4.69) is 42.4 Å². The zero-order valence-electron chi connectivity index (χ0n) is 17.6. The molecule has 0 bridgehead atoms. The standard InChI is InChI=1S/C25H17Br2N3O4/c26-22-11-17(12-23(27)24(22)34-15-16-5-9-21(10-6-16)30(32)33)14-28-29-25(31)20-8-7-18-3-1-2-4-19(18)13-20/h1-14H,15H2,(H,29,31)/b28-14-. The van der Waals surface area contributed by atoms with E-state index in [0.717, 1.165) is 21.9 Å². The SMILES string of the molecule is O=C(N/N=C\c1cc(Br)c(OCc2ccc([N+](=O)[O-])cc2)c(Br)c1)c1ccc2ccccc2c1. The monoisotopic (exact) mass is 581 g/mol. The van der Waals surface area contributed by atoms with Gasteiger partial charge in [-0.3, -0.25) is 14.9 Å². The topological polar surface area (TPSA) is 93.8 Å². The zero-order valence-corrected chi connectivity index (χ0v) is 20.7. The lowest BCUT2D eigenvalue weighted by Gasteiger charge is -2.11. The number of carbonyl (C=O) groups is 1. The van der Waals surface area contributed by atoms with Gasteiger partial charge in [-0.25, -0.2) is 5.43 Å². The van der Waals surface area contributed by atoms with E-state index >= 15 is 0 Å². The molecule has 0 aliphatic heterocycles. The third-order valence-corrected chi connectivity index (χ3v) is 6.12. The molecule has 0 spiro atoms. The molecule has 0 saturated carbocycles. The quantitative estimate of drug-likeness (QED) is 0.151. The van der Waals surface area contributed by atoms with Crippen LogP contribution >= 0.6 is 31.9 Å². The average molecular weight is 583 g/mol. The van der Waals surface area contributed by atoms with Gasteiger partial charge in [0.15, 0.2) is 0 Å². The fraction of sp³-hybridized carbons (Fsp3) is 0.0400. The van der Waals surface area contributed by atoms with Crippen LogP contribution in [0.4, 0.5) is 5.69 Å². The Balaban J connectivity index is 1.39. The highest BCUT2D eigenvalue weighted by Crippen LogP contribution is 2.35. The van der Waals surface area contributed by atoms with Crippen molar-refractivity contribution in [1.29, 1.82) is 0 Å². The van der Waals surface area contributed by atoms with Crippen LogP contribution < -0.4 is 10.2 Å². The lowest BCUT2D eigenvalue weighted by Crippen LogP contribution is -2.17. The summed E-state index contributed by atoms with van der Waals surface area (Å²) in [6.45, 7) is 0.241. The molecule has 0 radical (unpaired) electrons. The summed E-state index contributed by atoms with van der Waals surface area (Å²) in [7, 11) is 0. The van der Waals surface area contributed by atoms with Crippen LogP contribution in [0.5, 0.6) is 5.75 Å². The predicted octanol–water partition coefficient (Wildman–Crippen LogP) is 6.62. The molecule has 0 heterocycles. The van der Waals surface area contributed by atoms with Crippen LogP contribution in [0.1, 0.15) is 21.5 Å². The Kier molecular flexibility index (Phi) is 7.34. The smallest absolute Gasteiger partial charge is 0.271 e. The van der Waals surface area contributed by atoms with Gasteiger partial charge in [0.2, 0.25) is 0 Å². The molecule has 9 heteroatoms. The summed E-state index contributed by atoms with van der Waals surface area (Å²) >= 11 is 6.98. The number of amides is 1. The summed E-state index contributed by atoms with van der Waals surface area (Å²) < 4.78 is 7.24. The van der Waals surface area contributed by atoms with Crippen molar-refractivity contribution in [1.82, 2.24) is 5.43 Å².